The Balaban J connectivity index is 2.82. The van der Waals surface area contributed by atoms with Gasteiger partial charge in [0.05, 0.1) is 5.56 Å². The van der Waals surface area contributed by atoms with E-state index in [2.05, 4.69) is 13.8 Å². The number of amides is 3. The number of carbonyl (C=O) groups excluding carboxylic acids is 3. The molecule has 0 bridgehead atoms. The van der Waals surface area contributed by atoms with E-state index in [4.69, 9.17) is 10.5 Å². The summed E-state index contributed by atoms with van der Waals surface area (Å²) in [7, 11) is 0. The zero-order valence-corrected chi connectivity index (χ0v) is 13.3. The zero-order valence-electron chi connectivity index (χ0n) is 13.3. The van der Waals surface area contributed by atoms with Gasteiger partial charge in [-0.3, -0.25) is 10.1 Å². The summed E-state index contributed by atoms with van der Waals surface area (Å²) in [5.41, 5.74) is 6.36. The topological polar surface area (TPSA) is 98.5 Å². The Kier molecular flexibility index (Phi) is 6.10. The molecule has 0 heterocycles. The minimum atomic E-state index is -1.08. The van der Waals surface area contributed by atoms with Gasteiger partial charge in [0.15, 0.2) is 6.10 Å². The summed E-state index contributed by atoms with van der Waals surface area (Å²) in [5.74, 6) is -1.28. The number of benzene rings is 1. The van der Waals surface area contributed by atoms with Gasteiger partial charge in [-0.25, -0.2) is 9.59 Å². The maximum Gasteiger partial charge on any atom is 0.338 e. The van der Waals surface area contributed by atoms with Crippen molar-refractivity contribution in [3.63, 3.8) is 0 Å². The van der Waals surface area contributed by atoms with Crippen LogP contribution in [0.1, 0.15) is 49.5 Å². The van der Waals surface area contributed by atoms with Gasteiger partial charge in [0.25, 0.3) is 5.91 Å². The Labute approximate surface area is 130 Å². The number of nitrogens with one attached hydrogen (secondary N) is 1. The quantitative estimate of drug-likeness (QED) is 0.814. The van der Waals surface area contributed by atoms with E-state index >= 15 is 0 Å². The van der Waals surface area contributed by atoms with Crippen LogP contribution in [0, 0.1) is 5.92 Å². The summed E-state index contributed by atoms with van der Waals surface area (Å²) in [6, 6.07) is 6.01. The van der Waals surface area contributed by atoms with Gasteiger partial charge in [-0.05, 0) is 29.5 Å². The van der Waals surface area contributed by atoms with Gasteiger partial charge in [-0.15, -0.1) is 0 Å². The van der Waals surface area contributed by atoms with Crippen LogP contribution in [0.5, 0.6) is 0 Å². The first kappa shape index (κ1) is 17.7. The molecule has 0 aliphatic carbocycles. The largest absolute Gasteiger partial charge is 0.448 e. The van der Waals surface area contributed by atoms with E-state index in [0.29, 0.717) is 11.5 Å². The number of rotatable bonds is 5. The van der Waals surface area contributed by atoms with Crippen molar-refractivity contribution in [2.24, 2.45) is 11.7 Å². The molecule has 0 aromatic heterocycles. The molecule has 0 spiro atoms. The molecule has 3 amide bonds. The van der Waals surface area contributed by atoms with Crippen molar-refractivity contribution in [2.45, 2.75) is 39.7 Å². The second kappa shape index (κ2) is 7.59. The molecule has 120 valence electrons. The minimum Gasteiger partial charge on any atom is -0.448 e. The van der Waals surface area contributed by atoms with Crippen LogP contribution in [-0.4, -0.2) is 24.0 Å². The first-order valence-corrected chi connectivity index (χ1v) is 7.13. The minimum absolute atomic E-state index is 0.293. The highest BCUT2D eigenvalue weighted by Crippen LogP contribution is 2.16. The molecule has 0 unspecified atom stereocenters. The molecular weight excluding hydrogens is 284 g/mol. The SMILES string of the molecule is CC(C)c1ccc(C(=O)O[C@@H](C(=O)NC(N)=O)C(C)C)cc1. The Morgan fingerprint density at radius 3 is 2.00 bits per heavy atom. The van der Waals surface area contributed by atoms with E-state index in [1.54, 1.807) is 26.0 Å². The van der Waals surface area contributed by atoms with Crippen molar-refractivity contribution in [1.82, 2.24) is 5.32 Å². The summed E-state index contributed by atoms with van der Waals surface area (Å²) in [4.78, 5) is 34.7. The molecule has 0 saturated carbocycles. The van der Waals surface area contributed by atoms with Gasteiger partial charge in [0.1, 0.15) is 0 Å². The highest BCUT2D eigenvalue weighted by atomic mass is 16.5. The molecule has 22 heavy (non-hydrogen) atoms. The van der Waals surface area contributed by atoms with Crippen molar-refractivity contribution in [1.29, 1.82) is 0 Å². The molecule has 1 atom stereocenters. The van der Waals surface area contributed by atoms with Crippen LogP contribution < -0.4 is 11.1 Å². The third-order valence-electron chi connectivity index (χ3n) is 3.16. The van der Waals surface area contributed by atoms with Gasteiger partial charge in [0.2, 0.25) is 0 Å². The van der Waals surface area contributed by atoms with Crippen molar-refractivity contribution in [2.75, 3.05) is 0 Å². The molecule has 0 aliphatic heterocycles. The van der Waals surface area contributed by atoms with Gasteiger partial charge < -0.3 is 10.5 Å². The average Bonchev–Trinajstić information content (AvgIpc) is 2.43. The standard InChI is InChI=1S/C16H22N2O4/c1-9(2)11-5-7-12(8-6-11)15(20)22-13(10(3)4)14(19)18-16(17)21/h5-10,13H,1-4H3,(H3,17,18,19,21)/t13-/m1/s1. The molecule has 0 aliphatic rings. The van der Waals surface area contributed by atoms with Crippen LogP contribution in [-0.2, 0) is 9.53 Å². The van der Waals surface area contributed by atoms with Crippen LogP contribution in [0.3, 0.4) is 0 Å². The molecule has 1 aromatic carbocycles. The lowest BCUT2D eigenvalue weighted by atomic mass is 10.0. The Bertz CT molecular complexity index is 550. The smallest absolute Gasteiger partial charge is 0.338 e. The van der Waals surface area contributed by atoms with Crippen LogP contribution >= 0.6 is 0 Å². The summed E-state index contributed by atoms with van der Waals surface area (Å²) in [5, 5.41) is 1.93. The highest BCUT2D eigenvalue weighted by Gasteiger charge is 2.27. The molecular formula is C16H22N2O4. The number of ether oxygens (including phenoxy) is 1. The predicted molar refractivity (Wildman–Crippen MR) is 82.3 cm³/mol. The maximum absolute atomic E-state index is 12.1. The first-order chi connectivity index (χ1) is 10.2. The Morgan fingerprint density at radius 1 is 1.05 bits per heavy atom. The third kappa shape index (κ3) is 4.87. The van der Waals surface area contributed by atoms with Gasteiger partial charge in [-0.2, -0.15) is 0 Å². The van der Waals surface area contributed by atoms with Crippen molar-refractivity contribution < 1.29 is 19.1 Å². The van der Waals surface area contributed by atoms with Crippen molar-refractivity contribution >= 4 is 17.9 Å². The maximum atomic E-state index is 12.1. The lowest BCUT2D eigenvalue weighted by Gasteiger charge is -2.20. The third-order valence-corrected chi connectivity index (χ3v) is 3.16. The van der Waals surface area contributed by atoms with Gasteiger partial charge >= 0.3 is 12.0 Å². The second-order valence-corrected chi connectivity index (χ2v) is 5.70. The number of nitrogens with two attached hydrogens (primary N) is 1. The molecule has 6 nitrogen and oxygen atoms in total. The predicted octanol–water partition coefficient (Wildman–Crippen LogP) is 2.19. The Morgan fingerprint density at radius 2 is 1.59 bits per heavy atom. The fraction of sp³-hybridized carbons (Fsp3) is 0.438. The van der Waals surface area contributed by atoms with E-state index in [0.717, 1.165) is 5.56 Å². The van der Waals surface area contributed by atoms with Gasteiger partial charge in [0, 0.05) is 0 Å². The fourth-order valence-corrected chi connectivity index (χ4v) is 1.87. The van der Waals surface area contributed by atoms with Crippen LogP contribution in [0.25, 0.3) is 0 Å². The van der Waals surface area contributed by atoms with Crippen LogP contribution in [0.2, 0.25) is 0 Å². The van der Waals surface area contributed by atoms with Crippen LogP contribution in [0.15, 0.2) is 24.3 Å². The molecule has 0 saturated heterocycles. The fourth-order valence-electron chi connectivity index (χ4n) is 1.87. The van der Waals surface area contributed by atoms with E-state index in [1.807, 2.05) is 17.4 Å². The lowest BCUT2D eigenvalue weighted by molar-refractivity contribution is -0.130. The van der Waals surface area contributed by atoms with Gasteiger partial charge in [-0.1, -0.05) is 39.8 Å². The summed E-state index contributed by atoms with van der Waals surface area (Å²) < 4.78 is 5.20. The zero-order chi connectivity index (χ0) is 16.9. The number of urea groups is 1. The van der Waals surface area contributed by atoms with E-state index < -0.39 is 24.0 Å². The highest BCUT2D eigenvalue weighted by molar-refractivity contribution is 5.98. The molecule has 1 rings (SSSR count). The molecule has 0 radical (unpaired) electrons. The summed E-state index contributed by atoms with van der Waals surface area (Å²) >= 11 is 0. The number of hydrogen-bond donors (Lipinski definition) is 2. The van der Waals surface area contributed by atoms with Crippen molar-refractivity contribution in [3.05, 3.63) is 35.4 Å². The number of carbonyl (C=O) groups is 3. The summed E-state index contributed by atoms with van der Waals surface area (Å²) in [6.07, 6.45) is -1.08. The lowest BCUT2D eigenvalue weighted by Crippen LogP contribution is -2.45. The average molecular weight is 306 g/mol. The van der Waals surface area contributed by atoms with Crippen molar-refractivity contribution in [3.8, 4) is 0 Å². The Hall–Kier alpha value is -2.37. The molecule has 1 aromatic rings. The molecule has 0 fully saturated rings. The molecule has 3 N–H and O–H groups in total. The second-order valence-electron chi connectivity index (χ2n) is 5.70. The van der Waals surface area contributed by atoms with E-state index in [-0.39, 0.29) is 5.92 Å². The first-order valence-electron chi connectivity index (χ1n) is 7.13. The number of esters is 1. The van der Waals surface area contributed by atoms with Crippen LogP contribution in [0.4, 0.5) is 4.79 Å². The number of primary amides is 1. The monoisotopic (exact) mass is 306 g/mol. The summed E-state index contributed by atoms with van der Waals surface area (Å²) in [6.45, 7) is 7.52. The van der Waals surface area contributed by atoms with E-state index in [9.17, 15) is 14.4 Å². The van der Waals surface area contributed by atoms with E-state index in [1.165, 1.54) is 0 Å². The number of hydrogen-bond acceptors (Lipinski definition) is 4. The normalized spacial score (nSPS) is 12.1. The molecule has 6 heteroatoms. The number of imide groups is 1.